The number of rotatable bonds is 3. The fourth-order valence-corrected chi connectivity index (χ4v) is 3.07. The Morgan fingerprint density at radius 3 is 2.86 bits per heavy atom. The summed E-state index contributed by atoms with van der Waals surface area (Å²) in [5, 5.41) is 0. The molecule has 1 saturated carbocycles. The van der Waals surface area contributed by atoms with E-state index in [4.69, 9.17) is 19.9 Å². The molecule has 114 valence electrons. The molecular weight excluding hydrogens is 270 g/mol. The Balaban J connectivity index is 1.71. The van der Waals surface area contributed by atoms with E-state index in [0.29, 0.717) is 28.7 Å². The summed E-state index contributed by atoms with van der Waals surface area (Å²) in [7, 11) is 0. The second-order valence-corrected chi connectivity index (χ2v) is 5.76. The molecule has 1 heterocycles. The van der Waals surface area contributed by atoms with Gasteiger partial charge in [-0.05, 0) is 25.2 Å². The van der Waals surface area contributed by atoms with Crippen molar-refractivity contribution in [2.75, 3.05) is 12.5 Å². The highest BCUT2D eigenvalue weighted by atomic mass is 16.7. The lowest BCUT2D eigenvalue weighted by molar-refractivity contribution is 0.0141. The summed E-state index contributed by atoms with van der Waals surface area (Å²) in [5.41, 5.74) is 6.64. The summed E-state index contributed by atoms with van der Waals surface area (Å²) >= 11 is 0. The quantitative estimate of drug-likeness (QED) is 0.684. The maximum Gasteiger partial charge on any atom is 0.340 e. The average molecular weight is 291 g/mol. The summed E-state index contributed by atoms with van der Waals surface area (Å²) in [6, 6.07) is 3.23. The van der Waals surface area contributed by atoms with Crippen molar-refractivity contribution >= 4 is 11.7 Å². The van der Waals surface area contributed by atoms with E-state index in [1.165, 1.54) is 6.42 Å². The van der Waals surface area contributed by atoms with Crippen LogP contribution in [-0.2, 0) is 4.74 Å². The number of benzene rings is 1. The molecule has 21 heavy (non-hydrogen) atoms. The van der Waals surface area contributed by atoms with E-state index in [1.807, 2.05) is 0 Å². The number of fused-ring (bicyclic) bond motifs is 1. The summed E-state index contributed by atoms with van der Waals surface area (Å²) in [6.45, 7) is 2.35. The smallest absolute Gasteiger partial charge is 0.340 e. The first-order valence-corrected chi connectivity index (χ1v) is 7.57. The predicted molar refractivity (Wildman–Crippen MR) is 78.4 cm³/mol. The second-order valence-electron chi connectivity index (χ2n) is 5.76. The third kappa shape index (κ3) is 2.91. The van der Waals surface area contributed by atoms with Crippen LogP contribution in [0.4, 0.5) is 5.69 Å². The minimum Gasteiger partial charge on any atom is -0.459 e. The van der Waals surface area contributed by atoms with Crippen LogP contribution < -0.4 is 15.2 Å². The molecule has 1 aliphatic carbocycles. The van der Waals surface area contributed by atoms with E-state index in [2.05, 4.69) is 6.92 Å². The zero-order chi connectivity index (χ0) is 14.8. The average Bonchev–Trinajstić information content (AvgIpc) is 2.93. The van der Waals surface area contributed by atoms with Crippen molar-refractivity contribution in [2.45, 2.75) is 45.1 Å². The van der Waals surface area contributed by atoms with Gasteiger partial charge in [-0.15, -0.1) is 0 Å². The third-order valence-corrected chi connectivity index (χ3v) is 4.35. The molecule has 2 atom stereocenters. The van der Waals surface area contributed by atoms with E-state index < -0.39 is 0 Å². The highest BCUT2D eigenvalue weighted by molar-refractivity contribution is 5.96. The second kappa shape index (κ2) is 5.84. The molecule has 0 amide bonds. The van der Waals surface area contributed by atoms with Gasteiger partial charge in [0.1, 0.15) is 6.10 Å². The Morgan fingerprint density at radius 2 is 2.10 bits per heavy atom. The van der Waals surface area contributed by atoms with Gasteiger partial charge >= 0.3 is 5.97 Å². The van der Waals surface area contributed by atoms with E-state index in [-0.39, 0.29) is 18.9 Å². The fourth-order valence-electron chi connectivity index (χ4n) is 3.07. The number of nitrogens with two attached hydrogens (primary N) is 1. The Morgan fingerprint density at radius 1 is 1.33 bits per heavy atom. The molecule has 5 nitrogen and oxygen atoms in total. The normalized spacial score (nSPS) is 23.9. The van der Waals surface area contributed by atoms with Gasteiger partial charge in [-0.1, -0.05) is 19.8 Å². The first-order valence-electron chi connectivity index (χ1n) is 7.57. The highest BCUT2D eigenvalue weighted by Gasteiger charge is 2.26. The Hall–Kier alpha value is -1.91. The number of hydrogen-bond acceptors (Lipinski definition) is 5. The number of carbonyl (C=O) groups excluding carboxylic acids is 1. The molecule has 2 unspecified atom stereocenters. The van der Waals surface area contributed by atoms with Gasteiger partial charge in [0.15, 0.2) is 11.5 Å². The first kappa shape index (κ1) is 14.0. The Bertz CT molecular complexity index is 543. The molecule has 1 fully saturated rings. The van der Waals surface area contributed by atoms with Crippen LogP contribution in [0.2, 0.25) is 0 Å². The first-order chi connectivity index (χ1) is 10.2. The SMILES string of the molecule is CCC1CCCC(OC(=O)c2cc3c(cc2N)OCO3)C1. The van der Waals surface area contributed by atoms with Gasteiger partial charge < -0.3 is 19.9 Å². The van der Waals surface area contributed by atoms with Crippen molar-refractivity contribution in [3.8, 4) is 11.5 Å². The lowest BCUT2D eigenvalue weighted by atomic mass is 9.85. The molecule has 1 aromatic carbocycles. The lowest BCUT2D eigenvalue weighted by Gasteiger charge is -2.28. The molecule has 1 aromatic rings. The molecule has 2 aliphatic rings. The van der Waals surface area contributed by atoms with Crippen LogP contribution in [0.1, 0.15) is 49.4 Å². The monoisotopic (exact) mass is 291 g/mol. The van der Waals surface area contributed by atoms with Crippen molar-refractivity contribution in [3.05, 3.63) is 17.7 Å². The predicted octanol–water partition coefficient (Wildman–Crippen LogP) is 3.12. The molecule has 5 heteroatoms. The fraction of sp³-hybridized carbons (Fsp3) is 0.562. The molecule has 2 N–H and O–H groups in total. The van der Waals surface area contributed by atoms with Crippen LogP contribution in [0.25, 0.3) is 0 Å². The molecule has 1 aliphatic heterocycles. The van der Waals surface area contributed by atoms with E-state index in [1.54, 1.807) is 12.1 Å². The molecule has 0 radical (unpaired) electrons. The van der Waals surface area contributed by atoms with Crippen LogP contribution in [0.15, 0.2) is 12.1 Å². The van der Waals surface area contributed by atoms with Crippen LogP contribution in [-0.4, -0.2) is 18.9 Å². The van der Waals surface area contributed by atoms with Crippen LogP contribution in [0.3, 0.4) is 0 Å². The maximum atomic E-state index is 12.3. The topological polar surface area (TPSA) is 70.8 Å². The van der Waals surface area contributed by atoms with Crippen LogP contribution in [0, 0.1) is 5.92 Å². The third-order valence-electron chi connectivity index (χ3n) is 4.35. The zero-order valence-corrected chi connectivity index (χ0v) is 12.3. The van der Waals surface area contributed by atoms with Gasteiger partial charge in [0, 0.05) is 12.1 Å². The van der Waals surface area contributed by atoms with E-state index in [9.17, 15) is 4.79 Å². The van der Waals surface area contributed by atoms with Gasteiger partial charge in [-0.25, -0.2) is 4.79 Å². The minimum atomic E-state index is -0.368. The zero-order valence-electron chi connectivity index (χ0n) is 12.3. The lowest BCUT2D eigenvalue weighted by Crippen LogP contribution is -2.25. The van der Waals surface area contributed by atoms with Crippen molar-refractivity contribution < 1.29 is 19.0 Å². The van der Waals surface area contributed by atoms with Crippen molar-refractivity contribution in [2.24, 2.45) is 5.92 Å². The van der Waals surface area contributed by atoms with Crippen LogP contribution >= 0.6 is 0 Å². The highest BCUT2D eigenvalue weighted by Crippen LogP contribution is 2.37. The molecule has 0 bridgehead atoms. The van der Waals surface area contributed by atoms with E-state index >= 15 is 0 Å². The summed E-state index contributed by atoms with van der Waals surface area (Å²) in [5.74, 6) is 1.41. The van der Waals surface area contributed by atoms with Crippen molar-refractivity contribution in [3.63, 3.8) is 0 Å². The maximum absolute atomic E-state index is 12.3. The minimum absolute atomic E-state index is 0.000947. The summed E-state index contributed by atoms with van der Waals surface area (Å²) in [4.78, 5) is 12.3. The molecular formula is C16H21NO4. The Labute approximate surface area is 124 Å². The molecule has 0 aromatic heterocycles. The van der Waals surface area contributed by atoms with Gasteiger partial charge in [0.2, 0.25) is 6.79 Å². The Kier molecular flexibility index (Phi) is 3.90. The van der Waals surface area contributed by atoms with Gasteiger partial charge in [0.25, 0.3) is 0 Å². The number of anilines is 1. The largest absolute Gasteiger partial charge is 0.459 e. The van der Waals surface area contributed by atoms with Crippen LogP contribution in [0.5, 0.6) is 11.5 Å². The summed E-state index contributed by atoms with van der Waals surface area (Å²) in [6.07, 6.45) is 5.38. The van der Waals surface area contributed by atoms with E-state index in [0.717, 1.165) is 25.7 Å². The summed E-state index contributed by atoms with van der Waals surface area (Å²) < 4.78 is 16.2. The number of nitrogen functional groups attached to an aromatic ring is 1. The molecule has 3 rings (SSSR count). The number of carbonyl (C=O) groups is 1. The van der Waals surface area contributed by atoms with Gasteiger partial charge in [-0.2, -0.15) is 0 Å². The number of hydrogen-bond donors (Lipinski definition) is 1. The number of ether oxygens (including phenoxy) is 3. The molecule has 0 saturated heterocycles. The van der Waals surface area contributed by atoms with Gasteiger partial charge in [0.05, 0.1) is 11.3 Å². The molecule has 0 spiro atoms. The van der Waals surface area contributed by atoms with Gasteiger partial charge in [-0.3, -0.25) is 0 Å². The van der Waals surface area contributed by atoms with Crippen molar-refractivity contribution in [1.82, 2.24) is 0 Å². The standard InChI is InChI=1S/C16H21NO4/c1-2-10-4-3-5-11(6-10)21-16(18)12-7-14-15(8-13(12)17)20-9-19-14/h7-8,10-11H,2-6,9,17H2,1H3. The number of esters is 1. The van der Waals surface area contributed by atoms with Crippen molar-refractivity contribution in [1.29, 1.82) is 0 Å².